The van der Waals surface area contributed by atoms with E-state index in [-0.39, 0.29) is 23.8 Å². The highest BCUT2D eigenvalue weighted by Gasteiger charge is 2.34. The van der Waals surface area contributed by atoms with Crippen LogP contribution in [-0.4, -0.2) is 51.4 Å². The van der Waals surface area contributed by atoms with Crippen molar-refractivity contribution in [3.05, 3.63) is 126 Å². The minimum absolute atomic E-state index is 0.0665. The van der Waals surface area contributed by atoms with Crippen molar-refractivity contribution >= 4 is 27.5 Å². The molecule has 45 heavy (non-hydrogen) atoms. The highest BCUT2D eigenvalue weighted by atomic mass is 32.2. The fourth-order valence-corrected chi connectivity index (χ4v) is 6.49. The Labute approximate surface area is 266 Å². The Morgan fingerprint density at radius 2 is 1.51 bits per heavy atom. The van der Waals surface area contributed by atoms with E-state index < -0.39 is 28.5 Å². The minimum atomic E-state index is -4.14. The van der Waals surface area contributed by atoms with E-state index in [1.807, 2.05) is 68.4 Å². The lowest BCUT2D eigenvalue weighted by Crippen LogP contribution is -2.53. The van der Waals surface area contributed by atoms with Gasteiger partial charge in [-0.2, -0.15) is 0 Å². The van der Waals surface area contributed by atoms with Crippen molar-refractivity contribution in [2.24, 2.45) is 0 Å². The number of methoxy groups -OCH3 is 1. The summed E-state index contributed by atoms with van der Waals surface area (Å²) < 4.78 is 34.7. The summed E-state index contributed by atoms with van der Waals surface area (Å²) in [6.07, 6.45) is 1.95. The van der Waals surface area contributed by atoms with E-state index in [4.69, 9.17) is 4.74 Å². The molecular formula is C36H41N3O5S. The van der Waals surface area contributed by atoms with Gasteiger partial charge in [-0.05, 0) is 66.4 Å². The van der Waals surface area contributed by atoms with Crippen LogP contribution in [0.4, 0.5) is 5.69 Å². The van der Waals surface area contributed by atoms with Crippen LogP contribution in [0, 0.1) is 6.92 Å². The van der Waals surface area contributed by atoms with E-state index in [9.17, 15) is 18.0 Å². The molecule has 236 valence electrons. The summed E-state index contributed by atoms with van der Waals surface area (Å²) in [7, 11) is -2.58. The van der Waals surface area contributed by atoms with Crippen molar-refractivity contribution in [1.29, 1.82) is 0 Å². The molecule has 0 radical (unpaired) electrons. The third-order valence-electron chi connectivity index (χ3n) is 7.49. The van der Waals surface area contributed by atoms with Gasteiger partial charge in [0.05, 0.1) is 17.7 Å². The summed E-state index contributed by atoms with van der Waals surface area (Å²) >= 11 is 0. The number of aryl methyl sites for hydroxylation is 1. The molecule has 0 aliphatic heterocycles. The van der Waals surface area contributed by atoms with Crippen LogP contribution in [0.2, 0.25) is 0 Å². The summed E-state index contributed by atoms with van der Waals surface area (Å²) in [4.78, 5) is 29.9. The first kappa shape index (κ1) is 33.3. The molecule has 1 N–H and O–H groups in total. The Hall–Kier alpha value is -4.63. The van der Waals surface area contributed by atoms with Crippen molar-refractivity contribution in [2.75, 3.05) is 24.5 Å². The van der Waals surface area contributed by atoms with E-state index in [0.717, 1.165) is 33.8 Å². The fourth-order valence-electron chi connectivity index (χ4n) is 5.06. The van der Waals surface area contributed by atoms with Crippen molar-refractivity contribution in [2.45, 2.75) is 50.6 Å². The first-order chi connectivity index (χ1) is 21.7. The van der Waals surface area contributed by atoms with Crippen LogP contribution in [0.25, 0.3) is 0 Å². The van der Waals surface area contributed by atoms with E-state index in [2.05, 4.69) is 5.32 Å². The Bertz CT molecular complexity index is 1660. The number of ether oxygens (including phenoxy) is 1. The van der Waals surface area contributed by atoms with Gasteiger partial charge < -0.3 is 15.0 Å². The van der Waals surface area contributed by atoms with E-state index >= 15 is 0 Å². The standard InChI is InChI=1S/C36H41N3O5S/c1-4-5-22-37-36(41)34(25-29-15-8-6-9-16-29)38(26-30-17-13-19-32(24-30)44-3)35(40)27-39(31-18-12-14-28(2)23-31)45(42,43)33-20-10-7-11-21-33/h6-21,23-24,34H,4-5,22,25-27H2,1-3H3,(H,37,41)/t34-/m0/s1. The quantitative estimate of drug-likeness (QED) is 0.169. The molecule has 0 aliphatic rings. The van der Waals surface area contributed by atoms with Crippen molar-refractivity contribution in [1.82, 2.24) is 10.2 Å². The zero-order valence-corrected chi connectivity index (χ0v) is 26.9. The highest BCUT2D eigenvalue weighted by molar-refractivity contribution is 7.92. The average Bonchev–Trinajstić information content (AvgIpc) is 3.06. The van der Waals surface area contributed by atoms with Gasteiger partial charge in [0.1, 0.15) is 18.3 Å². The number of carbonyl (C=O) groups excluding carboxylic acids is 2. The van der Waals surface area contributed by atoms with Crippen molar-refractivity contribution in [3.63, 3.8) is 0 Å². The molecule has 0 fully saturated rings. The van der Waals surface area contributed by atoms with Gasteiger partial charge in [-0.25, -0.2) is 8.42 Å². The number of carbonyl (C=O) groups is 2. The van der Waals surface area contributed by atoms with Gasteiger partial charge >= 0.3 is 0 Å². The molecule has 2 amide bonds. The summed E-state index contributed by atoms with van der Waals surface area (Å²) in [5.74, 6) is -0.193. The second kappa shape index (κ2) is 15.9. The number of benzene rings is 4. The molecular weight excluding hydrogens is 586 g/mol. The third-order valence-corrected chi connectivity index (χ3v) is 9.28. The van der Waals surface area contributed by atoms with Crippen LogP contribution >= 0.6 is 0 Å². The summed E-state index contributed by atoms with van der Waals surface area (Å²) in [5, 5.41) is 3.01. The molecule has 0 heterocycles. The Balaban J connectivity index is 1.79. The number of hydrogen-bond donors (Lipinski definition) is 1. The van der Waals surface area contributed by atoms with Gasteiger partial charge in [-0.1, -0.05) is 86.1 Å². The van der Waals surface area contributed by atoms with E-state index in [1.54, 1.807) is 49.6 Å². The maximum Gasteiger partial charge on any atom is 0.264 e. The number of amides is 2. The van der Waals surface area contributed by atoms with E-state index in [1.165, 1.54) is 17.0 Å². The first-order valence-corrected chi connectivity index (χ1v) is 16.6. The van der Waals surface area contributed by atoms with Crippen molar-refractivity contribution < 1.29 is 22.7 Å². The largest absolute Gasteiger partial charge is 0.497 e. The van der Waals surface area contributed by atoms with Gasteiger partial charge in [-0.3, -0.25) is 13.9 Å². The number of anilines is 1. The topological polar surface area (TPSA) is 96.0 Å². The molecule has 0 unspecified atom stereocenters. The predicted molar refractivity (Wildman–Crippen MR) is 178 cm³/mol. The Kier molecular flexibility index (Phi) is 11.8. The van der Waals surface area contributed by atoms with Gasteiger partial charge in [0.15, 0.2) is 0 Å². The lowest BCUT2D eigenvalue weighted by atomic mass is 10.0. The first-order valence-electron chi connectivity index (χ1n) is 15.1. The van der Waals surface area contributed by atoms with Gasteiger partial charge in [0, 0.05) is 19.5 Å². The molecule has 9 heteroatoms. The van der Waals surface area contributed by atoms with Crippen LogP contribution in [-0.2, 0) is 32.6 Å². The normalized spacial score (nSPS) is 11.8. The van der Waals surface area contributed by atoms with Gasteiger partial charge in [0.25, 0.3) is 10.0 Å². The van der Waals surface area contributed by atoms with Crippen LogP contribution in [0.3, 0.4) is 0 Å². The van der Waals surface area contributed by atoms with E-state index in [0.29, 0.717) is 18.0 Å². The molecule has 0 aromatic heterocycles. The number of nitrogens with zero attached hydrogens (tertiary/aromatic N) is 2. The third kappa shape index (κ3) is 8.95. The van der Waals surface area contributed by atoms with Crippen LogP contribution in [0.15, 0.2) is 114 Å². The van der Waals surface area contributed by atoms with Crippen LogP contribution in [0.5, 0.6) is 5.75 Å². The lowest BCUT2D eigenvalue weighted by molar-refractivity contribution is -0.140. The molecule has 4 aromatic rings. The fraction of sp³-hybridized carbons (Fsp3) is 0.278. The second-order valence-corrected chi connectivity index (χ2v) is 12.7. The molecule has 1 atom stereocenters. The molecule has 0 aliphatic carbocycles. The smallest absolute Gasteiger partial charge is 0.264 e. The number of hydrogen-bond acceptors (Lipinski definition) is 5. The predicted octanol–water partition coefficient (Wildman–Crippen LogP) is 5.76. The molecule has 8 nitrogen and oxygen atoms in total. The Morgan fingerprint density at radius 1 is 0.844 bits per heavy atom. The summed E-state index contributed by atoms with van der Waals surface area (Å²) in [5.41, 5.74) is 2.83. The van der Waals surface area contributed by atoms with Crippen LogP contribution in [0.1, 0.15) is 36.5 Å². The lowest BCUT2D eigenvalue weighted by Gasteiger charge is -2.34. The SMILES string of the molecule is CCCCNC(=O)[C@H](Cc1ccccc1)N(Cc1cccc(OC)c1)C(=O)CN(c1cccc(C)c1)S(=O)(=O)c1ccccc1. The van der Waals surface area contributed by atoms with Crippen molar-refractivity contribution in [3.8, 4) is 5.75 Å². The molecule has 0 bridgehead atoms. The number of rotatable bonds is 15. The average molecular weight is 628 g/mol. The zero-order valence-electron chi connectivity index (χ0n) is 26.1. The van der Waals surface area contributed by atoms with Gasteiger partial charge in [0.2, 0.25) is 11.8 Å². The second-order valence-electron chi connectivity index (χ2n) is 10.9. The molecule has 0 saturated heterocycles. The summed E-state index contributed by atoms with van der Waals surface area (Å²) in [6.45, 7) is 3.95. The monoisotopic (exact) mass is 627 g/mol. The summed E-state index contributed by atoms with van der Waals surface area (Å²) in [6, 6.07) is 31.0. The maximum atomic E-state index is 14.5. The maximum absolute atomic E-state index is 14.5. The minimum Gasteiger partial charge on any atom is -0.497 e. The van der Waals surface area contributed by atoms with Gasteiger partial charge in [-0.15, -0.1) is 0 Å². The number of nitrogens with one attached hydrogen (secondary N) is 1. The molecule has 4 rings (SSSR count). The zero-order chi connectivity index (χ0) is 32.2. The number of sulfonamides is 1. The number of unbranched alkanes of at least 4 members (excludes halogenated alkanes) is 1. The highest BCUT2D eigenvalue weighted by Crippen LogP contribution is 2.26. The molecule has 0 spiro atoms. The Morgan fingerprint density at radius 3 is 2.18 bits per heavy atom. The molecule has 0 saturated carbocycles. The van der Waals surface area contributed by atoms with Crippen LogP contribution < -0.4 is 14.4 Å². The molecule has 4 aromatic carbocycles.